The molecule has 0 saturated carbocycles. The number of aliphatic hydroxyl groups excluding tert-OH is 1. The molecule has 0 bridgehead atoms. The average molecular weight is 269 g/mol. The van der Waals surface area contributed by atoms with Crippen molar-refractivity contribution < 1.29 is 5.11 Å². The quantitative estimate of drug-likeness (QED) is 0.519. The Hall–Kier alpha value is -1.07. The molecule has 5 heteroatoms. The van der Waals surface area contributed by atoms with E-state index >= 15 is 0 Å². The molecule has 1 heterocycles. The maximum atomic E-state index is 8.97. The summed E-state index contributed by atoms with van der Waals surface area (Å²) in [6.45, 7) is 6.58. The van der Waals surface area contributed by atoms with Crippen LogP contribution in [0.4, 0.5) is 0 Å². The average Bonchev–Trinajstić information content (AvgIpc) is 2.88. The molecule has 102 valence electrons. The lowest BCUT2D eigenvalue weighted by Crippen LogP contribution is -2.38. The SMILES string of the molecule is CCNC(=NCC(C)CO)NCCc1cccs1. The summed E-state index contributed by atoms with van der Waals surface area (Å²) in [7, 11) is 0. The van der Waals surface area contributed by atoms with Crippen LogP contribution < -0.4 is 10.6 Å². The van der Waals surface area contributed by atoms with Gasteiger partial charge in [0.05, 0.1) is 0 Å². The molecule has 0 amide bonds. The van der Waals surface area contributed by atoms with Gasteiger partial charge >= 0.3 is 0 Å². The van der Waals surface area contributed by atoms with Gasteiger partial charge in [-0.1, -0.05) is 13.0 Å². The van der Waals surface area contributed by atoms with Crippen molar-refractivity contribution in [3.8, 4) is 0 Å². The molecule has 0 aromatic carbocycles. The van der Waals surface area contributed by atoms with E-state index in [2.05, 4.69) is 33.1 Å². The highest BCUT2D eigenvalue weighted by Gasteiger charge is 2.01. The summed E-state index contributed by atoms with van der Waals surface area (Å²) in [5.41, 5.74) is 0. The van der Waals surface area contributed by atoms with Gasteiger partial charge in [-0.2, -0.15) is 0 Å². The normalized spacial score (nSPS) is 13.4. The zero-order valence-electron chi connectivity index (χ0n) is 11.1. The summed E-state index contributed by atoms with van der Waals surface area (Å²) in [5.74, 6) is 1.03. The van der Waals surface area contributed by atoms with E-state index in [1.165, 1.54) is 4.88 Å². The van der Waals surface area contributed by atoms with Gasteiger partial charge < -0.3 is 15.7 Å². The molecule has 0 saturated heterocycles. The maximum Gasteiger partial charge on any atom is 0.191 e. The molecule has 0 aliphatic rings. The second kappa shape index (κ2) is 8.94. The molecule has 1 unspecified atom stereocenters. The fourth-order valence-corrected chi connectivity index (χ4v) is 2.11. The van der Waals surface area contributed by atoms with Crippen LogP contribution >= 0.6 is 11.3 Å². The minimum absolute atomic E-state index is 0.179. The number of rotatable bonds is 7. The highest BCUT2D eigenvalue weighted by molar-refractivity contribution is 7.09. The molecular weight excluding hydrogens is 246 g/mol. The minimum atomic E-state index is 0.179. The van der Waals surface area contributed by atoms with Crippen molar-refractivity contribution in [2.24, 2.45) is 10.9 Å². The van der Waals surface area contributed by atoms with Crippen molar-refractivity contribution in [2.45, 2.75) is 20.3 Å². The molecular formula is C13H23N3OS. The van der Waals surface area contributed by atoms with Gasteiger partial charge in [0.2, 0.25) is 0 Å². The second-order valence-electron chi connectivity index (χ2n) is 4.26. The highest BCUT2D eigenvalue weighted by Crippen LogP contribution is 2.07. The zero-order chi connectivity index (χ0) is 13.2. The molecule has 18 heavy (non-hydrogen) atoms. The van der Waals surface area contributed by atoms with Crippen molar-refractivity contribution >= 4 is 17.3 Å². The first-order valence-electron chi connectivity index (χ1n) is 6.41. The van der Waals surface area contributed by atoms with Crippen LogP contribution in [0.15, 0.2) is 22.5 Å². The number of hydrogen-bond donors (Lipinski definition) is 3. The molecule has 1 rings (SSSR count). The summed E-state index contributed by atoms with van der Waals surface area (Å²) < 4.78 is 0. The van der Waals surface area contributed by atoms with E-state index in [0.717, 1.165) is 25.5 Å². The lowest BCUT2D eigenvalue weighted by atomic mass is 10.2. The van der Waals surface area contributed by atoms with Crippen LogP contribution in [0, 0.1) is 5.92 Å². The molecule has 1 aromatic heterocycles. The van der Waals surface area contributed by atoms with Crippen molar-refractivity contribution in [1.82, 2.24) is 10.6 Å². The Morgan fingerprint density at radius 1 is 1.50 bits per heavy atom. The van der Waals surface area contributed by atoms with Crippen molar-refractivity contribution in [3.05, 3.63) is 22.4 Å². The molecule has 1 aromatic rings. The monoisotopic (exact) mass is 269 g/mol. The third-order valence-corrected chi connectivity index (χ3v) is 3.40. The number of nitrogens with zero attached hydrogens (tertiary/aromatic N) is 1. The Labute approximate surface area is 113 Å². The van der Waals surface area contributed by atoms with Gasteiger partial charge in [0.25, 0.3) is 0 Å². The van der Waals surface area contributed by atoms with Gasteiger partial charge in [-0.3, -0.25) is 4.99 Å². The lowest BCUT2D eigenvalue weighted by molar-refractivity contribution is 0.241. The van der Waals surface area contributed by atoms with Crippen molar-refractivity contribution in [2.75, 3.05) is 26.2 Å². The Morgan fingerprint density at radius 3 is 2.94 bits per heavy atom. The van der Waals surface area contributed by atoms with Gasteiger partial charge in [0.1, 0.15) is 0 Å². The molecule has 0 radical (unpaired) electrons. The number of aliphatic hydroxyl groups is 1. The largest absolute Gasteiger partial charge is 0.396 e. The van der Waals surface area contributed by atoms with E-state index < -0.39 is 0 Å². The van der Waals surface area contributed by atoms with Gasteiger partial charge in [0.15, 0.2) is 5.96 Å². The number of nitrogens with one attached hydrogen (secondary N) is 2. The predicted molar refractivity (Wildman–Crippen MR) is 78.3 cm³/mol. The van der Waals surface area contributed by atoms with Crippen LogP contribution in [0.25, 0.3) is 0 Å². The third kappa shape index (κ3) is 6.02. The Balaban J connectivity index is 2.32. The standard InChI is InChI=1S/C13H23N3OS/c1-3-14-13(16-9-11(2)10-17)15-7-6-12-5-4-8-18-12/h4-5,8,11,17H,3,6-7,9-10H2,1-2H3,(H2,14,15,16). The predicted octanol–water partition coefficient (Wildman–Crippen LogP) is 1.47. The van der Waals surface area contributed by atoms with E-state index in [1.807, 2.05) is 13.8 Å². The van der Waals surface area contributed by atoms with E-state index in [-0.39, 0.29) is 12.5 Å². The summed E-state index contributed by atoms with van der Waals surface area (Å²) in [5, 5.41) is 17.6. The van der Waals surface area contributed by atoms with E-state index in [0.29, 0.717) is 6.54 Å². The fourth-order valence-electron chi connectivity index (χ4n) is 1.41. The first kappa shape index (κ1) is 15.0. The Kier molecular flexibility index (Phi) is 7.44. The van der Waals surface area contributed by atoms with Crippen LogP contribution in [0.2, 0.25) is 0 Å². The molecule has 3 N–H and O–H groups in total. The fraction of sp³-hybridized carbons (Fsp3) is 0.615. The van der Waals surface area contributed by atoms with Gasteiger partial charge in [-0.15, -0.1) is 11.3 Å². The molecule has 0 fully saturated rings. The smallest absolute Gasteiger partial charge is 0.191 e. The van der Waals surface area contributed by atoms with Gasteiger partial charge in [-0.25, -0.2) is 0 Å². The lowest BCUT2D eigenvalue weighted by Gasteiger charge is -2.12. The van der Waals surface area contributed by atoms with Crippen LogP contribution in [0.5, 0.6) is 0 Å². The molecule has 0 aliphatic carbocycles. The first-order chi connectivity index (χ1) is 8.76. The van der Waals surface area contributed by atoms with Crippen molar-refractivity contribution in [3.63, 3.8) is 0 Å². The number of aliphatic imine (C=N–C) groups is 1. The number of thiophene rings is 1. The van der Waals surface area contributed by atoms with Crippen LogP contribution in [-0.4, -0.2) is 37.3 Å². The summed E-state index contributed by atoms with van der Waals surface area (Å²) in [6.07, 6.45) is 1.01. The Morgan fingerprint density at radius 2 is 2.33 bits per heavy atom. The van der Waals surface area contributed by atoms with Crippen LogP contribution in [-0.2, 0) is 6.42 Å². The van der Waals surface area contributed by atoms with Gasteiger partial charge in [0, 0.05) is 31.1 Å². The summed E-state index contributed by atoms with van der Waals surface area (Å²) in [6, 6.07) is 4.21. The number of hydrogen-bond acceptors (Lipinski definition) is 3. The van der Waals surface area contributed by atoms with E-state index in [1.54, 1.807) is 11.3 Å². The zero-order valence-corrected chi connectivity index (χ0v) is 12.0. The molecule has 1 atom stereocenters. The summed E-state index contributed by atoms with van der Waals surface area (Å²) in [4.78, 5) is 5.82. The van der Waals surface area contributed by atoms with Crippen LogP contribution in [0.3, 0.4) is 0 Å². The molecule has 0 aliphatic heterocycles. The first-order valence-corrected chi connectivity index (χ1v) is 7.29. The minimum Gasteiger partial charge on any atom is -0.396 e. The highest BCUT2D eigenvalue weighted by atomic mass is 32.1. The molecule has 0 spiro atoms. The third-order valence-electron chi connectivity index (χ3n) is 2.46. The molecule has 4 nitrogen and oxygen atoms in total. The van der Waals surface area contributed by atoms with Crippen molar-refractivity contribution in [1.29, 1.82) is 0 Å². The topological polar surface area (TPSA) is 56.7 Å². The van der Waals surface area contributed by atoms with E-state index in [4.69, 9.17) is 5.11 Å². The van der Waals surface area contributed by atoms with Crippen LogP contribution in [0.1, 0.15) is 18.7 Å². The number of guanidine groups is 1. The second-order valence-corrected chi connectivity index (χ2v) is 5.30. The Bertz CT molecular complexity index is 338. The van der Waals surface area contributed by atoms with E-state index in [9.17, 15) is 0 Å². The van der Waals surface area contributed by atoms with Gasteiger partial charge in [-0.05, 0) is 30.7 Å². The summed E-state index contributed by atoms with van der Waals surface area (Å²) >= 11 is 1.78. The maximum absolute atomic E-state index is 8.97.